The predicted octanol–water partition coefficient (Wildman–Crippen LogP) is 3.38. The molecule has 4 nitrogen and oxygen atoms in total. The van der Waals surface area contributed by atoms with Crippen LogP contribution in [0.25, 0.3) is 11.0 Å². The van der Waals surface area contributed by atoms with Gasteiger partial charge in [-0.25, -0.2) is 14.4 Å². The third kappa shape index (κ3) is 1.96. The minimum absolute atomic E-state index is 0.170. The monoisotopic (exact) mass is 284 g/mol. The van der Waals surface area contributed by atoms with E-state index in [0.717, 1.165) is 22.3 Å². The molecule has 1 atom stereocenters. The van der Waals surface area contributed by atoms with E-state index in [-0.39, 0.29) is 11.9 Å². The van der Waals surface area contributed by atoms with E-state index < -0.39 is 0 Å². The van der Waals surface area contributed by atoms with Crippen molar-refractivity contribution in [3.63, 3.8) is 0 Å². The molecule has 0 bridgehead atoms. The lowest BCUT2D eigenvalue weighted by molar-refractivity contribution is 0.558. The minimum Gasteiger partial charge on any atom is -0.383 e. The smallest absolute Gasteiger partial charge is 0.146 e. The average molecular weight is 284 g/mol. The lowest BCUT2D eigenvalue weighted by Crippen LogP contribution is -2.11. The molecular weight excluding hydrogens is 267 g/mol. The number of hydrogen-bond acceptors (Lipinski definition) is 3. The molecule has 0 spiro atoms. The van der Waals surface area contributed by atoms with Gasteiger partial charge in [-0.1, -0.05) is 18.2 Å². The van der Waals surface area contributed by atoms with Crippen LogP contribution in [0.15, 0.2) is 30.6 Å². The maximum Gasteiger partial charge on any atom is 0.146 e. The minimum atomic E-state index is -0.217. The summed E-state index contributed by atoms with van der Waals surface area (Å²) in [6.07, 6.45) is 1.45. The number of benzene rings is 1. The van der Waals surface area contributed by atoms with Crippen LogP contribution >= 0.6 is 0 Å². The number of aryl methyl sites for hydroxylation is 1. The van der Waals surface area contributed by atoms with Gasteiger partial charge in [-0.05, 0) is 32.4 Å². The lowest BCUT2D eigenvalue weighted by Gasteiger charge is -2.18. The first-order chi connectivity index (χ1) is 10.0. The second-order valence-corrected chi connectivity index (χ2v) is 5.24. The summed E-state index contributed by atoms with van der Waals surface area (Å²) < 4.78 is 16.1. The highest BCUT2D eigenvalue weighted by molar-refractivity contribution is 5.91. The van der Waals surface area contributed by atoms with E-state index in [9.17, 15) is 4.39 Å². The molecule has 0 aliphatic carbocycles. The van der Waals surface area contributed by atoms with Crippen molar-refractivity contribution < 1.29 is 4.39 Å². The average Bonchev–Trinajstić information content (AvgIpc) is 2.72. The van der Waals surface area contributed by atoms with Gasteiger partial charge in [0.2, 0.25) is 0 Å². The van der Waals surface area contributed by atoms with E-state index in [1.807, 2.05) is 31.4 Å². The molecule has 0 radical (unpaired) electrons. The Labute approximate surface area is 122 Å². The Morgan fingerprint density at radius 3 is 2.62 bits per heavy atom. The molecule has 5 heteroatoms. The Balaban J connectivity index is 2.28. The Hall–Kier alpha value is -2.43. The summed E-state index contributed by atoms with van der Waals surface area (Å²) >= 11 is 0. The van der Waals surface area contributed by atoms with Crippen molar-refractivity contribution >= 4 is 16.9 Å². The second-order valence-electron chi connectivity index (χ2n) is 5.24. The maximum absolute atomic E-state index is 14.1. The van der Waals surface area contributed by atoms with Gasteiger partial charge in [-0.3, -0.25) is 0 Å². The molecule has 0 aliphatic rings. The van der Waals surface area contributed by atoms with E-state index in [0.29, 0.717) is 11.4 Å². The van der Waals surface area contributed by atoms with Crippen molar-refractivity contribution in [3.8, 4) is 0 Å². The van der Waals surface area contributed by atoms with Crippen LogP contribution < -0.4 is 5.73 Å². The summed E-state index contributed by atoms with van der Waals surface area (Å²) in [5.74, 6) is 0.242. The van der Waals surface area contributed by atoms with Gasteiger partial charge in [-0.2, -0.15) is 0 Å². The molecule has 0 aliphatic heterocycles. The molecule has 2 N–H and O–H groups in total. The van der Waals surface area contributed by atoms with Crippen LogP contribution in [0.5, 0.6) is 0 Å². The van der Waals surface area contributed by atoms with Crippen LogP contribution in [0, 0.1) is 19.7 Å². The molecule has 1 unspecified atom stereocenters. The summed E-state index contributed by atoms with van der Waals surface area (Å²) in [5, 5.41) is 0.846. The van der Waals surface area contributed by atoms with E-state index in [1.54, 1.807) is 12.1 Å². The Kier molecular flexibility index (Phi) is 3.12. The molecule has 0 saturated heterocycles. The second kappa shape index (κ2) is 4.84. The van der Waals surface area contributed by atoms with E-state index >= 15 is 0 Å². The van der Waals surface area contributed by atoms with Crippen LogP contribution in [-0.2, 0) is 0 Å². The molecule has 2 heterocycles. The molecule has 3 aromatic rings. The SMILES string of the molecule is Cc1c(C)n(C(C)c2ccccc2F)c2ncnc(N)c12. The summed E-state index contributed by atoms with van der Waals surface area (Å²) in [6.45, 7) is 5.94. The van der Waals surface area contributed by atoms with E-state index in [4.69, 9.17) is 5.73 Å². The number of nitrogens with two attached hydrogens (primary N) is 1. The third-order valence-electron chi connectivity index (χ3n) is 4.11. The third-order valence-corrected chi connectivity index (χ3v) is 4.11. The fourth-order valence-electron chi connectivity index (χ4n) is 2.88. The fraction of sp³-hybridized carbons (Fsp3) is 0.250. The first kappa shape index (κ1) is 13.5. The zero-order valence-corrected chi connectivity index (χ0v) is 12.3. The van der Waals surface area contributed by atoms with Gasteiger partial charge < -0.3 is 10.3 Å². The number of fused-ring (bicyclic) bond motifs is 1. The number of halogens is 1. The Morgan fingerprint density at radius 1 is 1.19 bits per heavy atom. The zero-order chi connectivity index (χ0) is 15.1. The normalized spacial score (nSPS) is 12.8. The highest BCUT2D eigenvalue weighted by Gasteiger charge is 2.21. The summed E-state index contributed by atoms with van der Waals surface area (Å²) in [6, 6.07) is 6.63. The van der Waals surface area contributed by atoms with Crippen LogP contribution in [0.3, 0.4) is 0 Å². The van der Waals surface area contributed by atoms with Gasteiger partial charge in [0.25, 0.3) is 0 Å². The first-order valence-electron chi connectivity index (χ1n) is 6.84. The summed E-state index contributed by atoms with van der Waals surface area (Å²) in [5.41, 5.74) is 9.40. The van der Waals surface area contributed by atoms with Crippen LogP contribution in [0.1, 0.15) is 29.8 Å². The van der Waals surface area contributed by atoms with Crippen LogP contribution in [0.4, 0.5) is 10.2 Å². The molecule has 1 aromatic carbocycles. The zero-order valence-electron chi connectivity index (χ0n) is 12.3. The highest BCUT2D eigenvalue weighted by atomic mass is 19.1. The number of anilines is 1. The standard InChI is InChI=1S/C16H17FN4/c1-9-10(2)21(16-14(9)15(18)19-8-20-16)11(3)12-6-4-5-7-13(12)17/h4-8,11H,1-3H3,(H2,18,19,20). The molecule has 21 heavy (non-hydrogen) atoms. The lowest BCUT2D eigenvalue weighted by atomic mass is 10.1. The van der Waals surface area contributed by atoms with Gasteiger partial charge in [-0.15, -0.1) is 0 Å². The molecular formula is C16H17FN4. The maximum atomic E-state index is 14.1. The van der Waals surface area contributed by atoms with Crippen molar-refractivity contribution in [1.29, 1.82) is 0 Å². The number of hydrogen-bond donors (Lipinski definition) is 1. The molecule has 2 aromatic heterocycles. The van der Waals surface area contributed by atoms with E-state index in [1.165, 1.54) is 12.4 Å². The molecule has 108 valence electrons. The number of aromatic nitrogens is 3. The number of nitrogens with zero attached hydrogens (tertiary/aromatic N) is 3. The summed E-state index contributed by atoms with van der Waals surface area (Å²) in [7, 11) is 0. The van der Waals surface area contributed by atoms with Crippen LogP contribution in [0.2, 0.25) is 0 Å². The van der Waals surface area contributed by atoms with E-state index in [2.05, 4.69) is 9.97 Å². The van der Waals surface area contributed by atoms with Crippen LogP contribution in [-0.4, -0.2) is 14.5 Å². The quantitative estimate of drug-likeness (QED) is 0.785. The van der Waals surface area contributed by atoms with Crippen molar-refractivity contribution in [3.05, 3.63) is 53.2 Å². The largest absolute Gasteiger partial charge is 0.383 e. The molecule has 0 fully saturated rings. The van der Waals surface area contributed by atoms with Gasteiger partial charge in [0.05, 0.1) is 11.4 Å². The number of nitrogen functional groups attached to an aromatic ring is 1. The van der Waals surface area contributed by atoms with Crippen molar-refractivity contribution in [1.82, 2.24) is 14.5 Å². The highest BCUT2D eigenvalue weighted by Crippen LogP contribution is 2.32. The van der Waals surface area contributed by atoms with Gasteiger partial charge in [0, 0.05) is 11.3 Å². The van der Waals surface area contributed by atoms with Gasteiger partial charge in [0.15, 0.2) is 0 Å². The summed E-state index contributed by atoms with van der Waals surface area (Å²) in [4.78, 5) is 8.40. The van der Waals surface area contributed by atoms with Gasteiger partial charge in [0.1, 0.15) is 23.6 Å². The number of rotatable bonds is 2. The van der Waals surface area contributed by atoms with Gasteiger partial charge >= 0.3 is 0 Å². The van der Waals surface area contributed by atoms with Crippen molar-refractivity contribution in [2.45, 2.75) is 26.8 Å². The first-order valence-corrected chi connectivity index (χ1v) is 6.84. The molecule has 3 rings (SSSR count). The Morgan fingerprint density at radius 2 is 1.90 bits per heavy atom. The topological polar surface area (TPSA) is 56.7 Å². The van der Waals surface area contributed by atoms with Crippen molar-refractivity contribution in [2.75, 3.05) is 5.73 Å². The predicted molar refractivity (Wildman–Crippen MR) is 81.6 cm³/mol. The molecule has 0 amide bonds. The Bertz CT molecular complexity index is 823. The van der Waals surface area contributed by atoms with Crippen molar-refractivity contribution in [2.24, 2.45) is 0 Å². The molecule has 0 saturated carbocycles. The fourth-order valence-corrected chi connectivity index (χ4v) is 2.88.